The van der Waals surface area contributed by atoms with Gasteiger partial charge < -0.3 is 9.47 Å². The number of hydrogen-bond donors (Lipinski definition) is 1. The van der Waals surface area contributed by atoms with Gasteiger partial charge in [-0.2, -0.15) is 5.10 Å². The number of carbonyl (C=O) groups is 1. The van der Waals surface area contributed by atoms with Crippen molar-refractivity contribution in [2.24, 2.45) is 5.10 Å². The largest absolute Gasteiger partial charge is 0.490 e. The lowest BCUT2D eigenvalue weighted by Crippen LogP contribution is -2.18. The molecule has 5 nitrogen and oxygen atoms in total. The monoisotopic (exact) mass is 520 g/mol. The van der Waals surface area contributed by atoms with E-state index in [1.54, 1.807) is 42.5 Å². The Balaban J connectivity index is 1.73. The molecule has 0 unspecified atom stereocenters. The number of benzene rings is 3. The lowest BCUT2D eigenvalue weighted by molar-refractivity contribution is 0.0954. The summed E-state index contributed by atoms with van der Waals surface area (Å²) in [7, 11) is 0. The van der Waals surface area contributed by atoms with Crippen LogP contribution in [0.15, 0.2) is 70.2 Å². The minimum absolute atomic E-state index is 0.312. The highest BCUT2D eigenvalue weighted by Gasteiger charge is 2.13. The predicted molar refractivity (Wildman–Crippen MR) is 128 cm³/mol. The molecule has 3 rings (SSSR count). The van der Waals surface area contributed by atoms with Crippen LogP contribution in [0.25, 0.3) is 0 Å². The van der Waals surface area contributed by atoms with E-state index in [0.717, 1.165) is 5.56 Å². The smallest absolute Gasteiger partial charge is 0.272 e. The molecule has 0 bridgehead atoms. The van der Waals surface area contributed by atoms with Gasteiger partial charge in [-0.1, -0.05) is 47.5 Å². The van der Waals surface area contributed by atoms with Crippen molar-refractivity contribution in [1.82, 2.24) is 5.43 Å². The second kappa shape index (κ2) is 11.2. The highest BCUT2D eigenvalue weighted by atomic mass is 79.9. The van der Waals surface area contributed by atoms with Crippen molar-refractivity contribution in [1.29, 1.82) is 0 Å². The maximum absolute atomic E-state index is 12.3. The summed E-state index contributed by atoms with van der Waals surface area (Å²) < 4.78 is 12.3. The Hall–Kier alpha value is -2.54. The fraction of sp³-hybridized carbons (Fsp3) is 0.130. The minimum atomic E-state index is -0.331. The Bertz CT molecular complexity index is 1090. The van der Waals surface area contributed by atoms with Crippen molar-refractivity contribution in [3.8, 4) is 11.5 Å². The van der Waals surface area contributed by atoms with Crippen molar-refractivity contribution in [2.75, 3.05) is 6.61 Å². The van der Waals surface area contributed by atoms with E-state index in [1.165, 1.54) is 6.21 Å². The Morgan fingerprint density at radius 3 is 2.55 bits per heavy atom. The number of rotatable bonds is 8. The van der Waals surface area contributed by atoms with E-state index in [4.69, 9.17) is 32.7 Å². The molecule has 0 aromatic heterocycles. The fourth-order valence-corrected chi connectivity index (χ4v) is 3.54. The number of nitrogens with one attached hydrogen (secondary N) is 1. The van der Waals surface area contributed by atoms with E-state index in [-0.39, 0.29) is 5.91 Å². The Labute approximate surface area is 199 Å². The summed E-state index contributed by atoms with van der Waals surface area (Å²) >= 11 is 15.7. The summed E-state index contributed by atoms with van der Waals surface area (Å²) in [5.74, 6) is 0.596. The number of amides is 1. The Morgan fingerprint density at radius 2 is 1.84 bits per heavy atom. The van der Waals surface area contributed by atoms with Crippen LogP contribution in [0.2, 0.25) is 10.0 Å². The molecule has 31 heavy (non-hydrogen) atoms. The molecule has 0 atom stereocenters. The molecule has 0 heterocycles. The van der Waals surface area contributed by atoms with Crippen molar-refractivity contribution >= 4 is 51.3 Å². The van der Waals surface area contributed by atoms with Crippen LogP contribution in [0.5, 0.6) is 11.5 Å². The third-order valence-corrected chi connectivity index (χ3v) is 5.35. The van der Waals surface area contributed by atoms with E-state index in [0.29, 0.717) is 50.4 Å². The fourth-order valence-electron chi connectivity index (χ4n) is 2.67. The topological polar surface area (TPSA) is 59.9 Å². The lowest BCUT2D eigenvalue weighted by Gasteiger charge is -2.14. The van der Waals surface area contributed by atoms with Crippen LogP contribution >= 0.6 is 39.1 Å². The Kier molecular flexibility index (Phi) is 8.35. The molecule has 0 spiro atoms. The number of hydrogen-bond acceptors (Lipinski definition) is 4. The molecule has 1 N–H and O–H groups in total. The van der Waals surface area contributed by atoms with Gasteiger partial charge in [-0.05, 0) is 70.4 Å². The van der Waals surface area contributed by atoms with E-state index in [2.05, 4.69) is 26.5 Å². The maximum atomic E-state index is 12.3. The molecule has 3 aromatic carbocycles. The predicted octanol–water partition coefficient (Wildman–Crippen LogP) is 6.50. The molecule has 0 saturated heterocycles. The highest BCUT2D eigenvalue weighted by Crippen LogP contribution is 2.37. The molecule has 0 fully saturated rings. The number of hydrazone groups is 1. The average molecular weight is 522 g/mol. The van der Waals surface area contributed by atoms with Gasteiger partial charge in [0.25, 0.3) is 5.91 Å². The van der Waals surface area contributed by atoms with Gasteiger partial charge in [0, 0.05) is 9.50 Å². The van der Waals surface area contributed by atoms with Gasteiger partial charge in [0.1, 0.15) is 6.61 Å². The molecule has 8 heteroatoms. The summed E-state index contributed by atoms with van der Waals surface area (Å²) in [4.78, 5) is 12.3. The Morgan fingerprint density at radius 1 is 1.10 bits per heavy atom. The first kappa shape index (κ1) is 23.1. The standard InChI is InChI=1S/C23H19BrCl2N2O3/c1-2-30-21-12-16(13-27-28-23(29)18-5-3-4-6-19(18)24)11-20(26)22(21)31-14-15-7-9-17(25)10-8-15/h3-13H,2,14H2,1H3,(H,28,29)/b27-13+. The van der Waals surface area contributed by atoms with Gasteiger partial charge in [-0.3, -0.25) is 4.79 Å². The zero-order chi connectivity index (χ0) is 22.2. The molecule has 0 aliphatic carbocycles. The summed E-state index contributed by atoms with van der Waals surface area (Å²) in [6, 6.07) is 17.9. The normalized spacial score (nSPS) is 10.8. The zero-order valence-corrected chi connectivity index (χ0v) is 19.7. The second-order valence-corrected chi connectivity index (χ2v) is 8.06. The SMILES string of the molecule is CCOc1cc(/C=N/NC(=O)c2ccccc2Br)cc(Cl)c1OCc1ccc(Cl)cc1. The van der Waals surface area contributed by atoms with Crippen LogP contribution in [-0.2, 0) is 6.61 Å². The third kappa shape index (κ3) is 6.47. The van der Waals surface area contributed by atoms with E-state index < -0.39 is 0 Å². The summed E-state index contributed by atoms with van der Waals surface area (Å²) in [5.41, 5.74) is 4.58. The van der Waals surface area contributed by atoms with Crippen LogP contribution < -0.4 is 14.9 Å². The first-order valence-electron chi connectivity index (χ1n) is 9.39. The highest BCUT2D eigenvalue weighted by molar-refractivity contribution is 9.10. The summed E-state index contributed by atoms with van der Waals surface area (Å²) in [5, 5.41) is 5.05. The van der Waals surface area contributed by atoms with Gasteiger partial charge in [0.15, 0.2) is 11.5 Å². The lowest BCUT2D eigenvalue weighted by atomic mass is 10.2. The van der Waals surface area contributed by atoms with Crippen molar-refractivity contribution in [3.05, 3.63) is 91.9 Å². The van der Waals surface area contributed by atoms with E-state index in [1.807, 2.05) is 25.1 Å². The van der Waals surface area contributed by atoms with Crippen molar-refractivity contribution in [2.45, 2.75) is 13.5 Å². The number of nitrogens with zero attached hydrogens (tertiary/aromatic N) is 1. The first-order valence-corrected chi connectivity index (χ1v) is 10.9. The molecule has 0 aliphatic heterocycles. The molecule has 160 valence electrons. The van der Waals surface area contributed by atoms with Crippen LogP contribution in [-0.4, -0.2) is 18.7 Å². The molecule has 0 saturated carbocycles. The van der Waals surface area contributed by atoms with Crippen LogP contribution in [0.1, 0.15) is 28.4 Å². The van der Waals surface area contributed by atoms with Gasteiger partial charge in [-0.15, -0.1) is 0 Å². The maximum Gasteiger partial charge on any atom is 0.272 e. The quantitative estimate of drug-likeness (QED) is 0.272. The van der Waals surface area contributed by atoms with E-state index >= 15 is 0 Å². The first-order chi connectivity index (χ1) is 15.0. The number of halogens is 3. The average Bonchev–Trinajstić information content (AvgIpc) is 2.75. The van der Waals surface area contributed by atoms with Crippen molar-refractivity contribution < 1.29 is 14.3 Å². The summed E-state index contributed by atoms with van der Waals surface area (Å²) in [6.45, 7) is 2.62. The van der Waals surface area contributed by atoms with Crippen LogP contribution in [0, 0.1) is 0 Å². The zero-order valence-electron chi connectivity index (χ0n) is 16.6. The van der Waals surface area contributed by atoms with Gasteiger partial charge >= 0.3 is 0 Å². The van der Waals surface area contributed by atoms with Gasteiger partial charge in [-0.25, -0.2) is 5.43 Å². The third-order valence-electron chi connectivity index (χ3n) is 4.13. The van der Waals surface area contributed by atoms with Gasteiger partial charge in [0.05, 0.1) is 23.4 Å². The molecular formula is C23H19BrCl2N2O3. The molecular weight excluding hydrogens is 503 g/mol. The summed E-state index contributed by atoms with van der Waals surface area (Å²) in [6.07, 6.45) is 1.49. The van der Waals surface area contributed by atoms with E-state index in [9.17, 15) is 4.79 Å². The molecule has 3 aromatic rings. The second-order valence-electron chi connectivity index (χ2n) is 6.36. The number of carbonyl (C=O) groups excluding carboxylic acids is 1. The van der Waals surface area contributed by atoms with Crippen molar-refractivity contribution in [3.63, 3.8) is 0 Å². The minimum Gasteiger partial charge on any atom is -0.490 e. The molecule has 0 radical (unpaired) electrons. The van der Waals surface area contributed by atoms with Crippen LogP contribution in [0.4, 0.5) is 0 Å². The molecule has 0 aliphatic rings. The van der Waals surface area contributed by atoms with Gasteiger partial charge in [0.2, 0.25) is 0 Å². The molecule has 1 amide bonds. The van der Waals surface area contributed by atoms with Crippen LogP contribution in [0.3, 0.4) is 0 Å². The number of ether oxygens (including phenoxy) is 2.